The molecule has 0 heterocycles. The van der Waals surface area contributed by atoms with Gasteiger partial charge in [-0.25, -0.2) is 0 Å². The van der Waals surface area contributed by atoms with Gasteiger partial charge in [0.1, 0.15) is 4.83 Å². The monoisotopic (exact) mass is 260 g/mol. The summed E-state index contributed by atoms with van der Waals surface area (Å²) >= 11 is 2.53. The second-order valence-electron chi connectivity index (χ2n) is 3.32. The minimum absolute atomic E-state index is 0.282. The molecule has 1 unspecified atom stereocenters. The Morgan fingerprint density at radius 3 is 2.46 bits per heavy atom. The van der Waals surface area contributed by atoms with Crippen LogP contribution in [0.4, 0.5) is 13.2 Å². The van der Waals surface area contributed by atoms with E-state index in [1.807, 2.05) is 0 Å². The highest BCUT2D eigenvalue weighted by atomic mass is 79.9. The Hall–Kier alpha value is 0.230. The van der Waals surface area contributed by atoms with Crippen LogP contribution in [-0.2, 0) is 4.74 Å². The Morgan fingerprint density at radius 1 is 1.38 bits per heavy atom. The van der Waals surface area contributed by atoms with E-state index in [-0.39, 0.29) is 6.61 Å². The minimum Gasteiger partial charge on any atom is -0.380 e. The molecule has 0 bridgehead atoms. The van der Waals surface area contributed by atoms with Gasteiger partial charge in [-0.15, -0.1) is 0 Å². The van der Waals surface area contributed by atoms with Gasteiger partial charge in [0.25, 0.3) is 0 Å². The van der Waals surface area contributed by atoms with Crippen LogP contribution in [0.5, 0.6) is 0 Å². The van der Waals surface area contributed by atoms with E-state index in [0.29, 0.717) is 12.5 Å². The summed E-state index contributed by atoms with van der Waals surface area (Å²) in [6.45, 7) is 0.166. The van der Waals surface area contributed by atoms with Gasteiger partial charge in [0, 0.05) is 6.61 Å². The lowest BCUT2D eigenvalue weighted by Gasteiger charge is -2.13. The third kappa shape index (κ3) is 4.86. The summed E-state index contributed by atoms with van der Waals surface area (Å²) in [6, 6.07) is 0. The molecule has 13 heavy (non-hydrogen) atoms. The third-order valence-corrected chi connectivity index (χ3v) is 2.77. The number of hydrogen-bond donors (Lipinski definition) is 0. The SMILES string of the molecule is FC(F)(F)C(Br)COCCC1CC1. The summed E-state index contributed by atoms with van der Waals surface area (Å²) in [6.07, 6.45) is -0.877. The summed E-state index contributed by atoms with van der Waals surface area (Å²) in [5, 5.41) is 0. The van der Waals surface area contributed by atoms with E-state index in [1.165, 1.54) is 12.8 Å². The molecule has 1 nitrogen and oxygen atoms in total. The van der Waals surface area contributed by atoms with E-state index < -0.39 is 11.0 Å². The topological polar surface area (TPSA) is 9.23 Å². The first kappa shape index (κ1) is 11.3. The summed E-state index contributed by atoms with van der Waals surface area (Å²) < 4.78 is 40.7. The van der Waals surface area contributed by atoms with Gasteiger partial charge in [-0.1, -0.05) is 28.8 Å². The summed E-state index contributed by atoms with van der Waals surface area (Å²) in [5.74, 6) is 0.708. The van der Waals surface area contributed by atoms with Crippen molar-refractivity contribution in [3.63, 3.8) is 0 Å². The van der Waals surface area contributed by atoms with Crippen LogP contribution in [0.3, 0.4) is 0 Å². The zero-order valence-corrected chi connectivity index (χ0v) is 8.70. The predicted octanol–water partition coefficient (Wildman–Crippen LogP) is 3.13. The second kappa shape index (κ2) is 4.64. The van der Waals surface area contributed by atoms with Gasteiger partial charge in [0.2, 0.25) is 0 Å². The first-order valence-electron chi connectivity index (χ1n) is 4.28. The fraction of sp³-hybridized carbons (Fsp3) is 1.00. The Labute approximate surface area is 83.8 Å². The molecule has 0 N–H and O–H groups in total. The Kier molecular flexibility index (Phi) is 4.04. The smallest absolute Gasteiger partial charge is 0.380 e. The molecule has 0 aromatic heterocycles. The van der Waals surface area contributed by atoms with Crippen LogP contribution in [0.15, 0.2) is 0 Å². The quantitative estimate of drug-likeness (QED) is 0.545. The summed E-state index contributed by atoms with van der Waals surface area (Å²) in [7, 11) is 0. The Balaban J connectivity index is 1.97. The highest BCUT2D eigenvalue weighted by Crippen LogP contribution is 2.32. The fourth-order valence-electron chi connectivity index (χ4n) is 0.938. The average Bonchev–Trinajstić information content (AvgIpc) is 2.79. The third-order valence-electron chi connectivity index (χ3n) is 1.99. The van der Waals surface area contributed by atoms with Crippen molar-refractivity contribution in [1.82, 2.24) is 0 Å². The van der Waals surface area contributed by atoms with Crippen molar-refractivity contribution in [2.75, 3.05) is 13.2 Å². The van der Waals surface area contributed by atoms with Crippen molar-refractivity contribution in [2.24, 2.45) is 5.92 Å². The number of hydrogen-bond acceptors (Lipinski definition) is 1. The van der Waals surface area contributed by atoms with E-state index in [9.17, 15) is 13.2 Å². The van der Waals surface area contributed by atoms with Crippen LogP contribution in [0.1, 0.15) is 19.3 Å². The van der Waals surface area contributed by atoms with Crippen LogP contribution in [-0.4, -0.2) is 24.2 Å². The molecule has 0 saturated heterocycles. The minimum atomic E-state index is -4.19. The van der Waals surface area contributed by atoms with E-state index >= 15 is 0 Å². The summed E-state index contributed by atoms with van der Waals surface area (Å²) in [4.78, 5) is -1.53. The zero-order chi connectivity index (χ0) is 9.90. The molecule has 0 spiro atoms. The van der Waals surface area contributed by atoms with E-state index in [2.05, 4.69) is 15.9 Å². The highest BCUT2D eigenvalue weighted by Gasteiger charge is 2.37. The number of rotatable bonds is 5. The highest BCUT2D eigenvalue weighted by molar-refractivity contribution is 9.09. The molecule has 0 aromatic carbocycles. The normalized spacial score (nSPS) is 20.3. The van der Waals surface area contributed by atoms with Crippen molar-refractivity contribution in [3.05, 3.63) is 0 Å². The number of halogens is 4. The van der Waals surface area contributed by atoms with Crippen LogP contribution in [0.2, 0.25) is 0 Å². The maximum Gasteiger partial charge on any atom is 0.403 e. The molecule has 0 radical (unpaired) electrons. The molecule has 1 saturated carbocycles. The van der Waals surface area contributed by atoms with Gasteiger partial charge in [-0.3, -0.25) is 0 Å². The molecule has 1 aliphatic rings. The van der Waals surface area contributed by atoms with Gasteiger partial charge in [-0.2, -0.15) is 13.2 Å². The molecular weight excluding hydrogens is 249 g/mol. The van der Waals surface area contributed by atoms with Crippen LogP contribution >= 0.6 is 15.9 Å². The largest absolute Gasteiger partial charge is 0.403 e. The van der Waals surface area contributed by atoms with Gasteiger partial charge in [0.05, 0.1) is 6.61 Å². The van der Waals surface area contributed by atoms with Crippen molar-refractivity contribution < 1.29 is 17.9 Å². The van der Waals surface area contributed by atoms with Crippen molar-refractivity contribution in [1.29, 1.82) is 0 Å². The standard InChI is InChI=1S/C8H12BrF3O/c9-7(8(10,11)12)5-13-4-3-6-1-2-6/h6-7H,1-5H2. The van der Waals surface area contributed by atoms with Crippen LogP contribution < -0.4 is 0 Å². The molecule has 5 heteroatoms. The lowest BCUT2D eigenvalue weighted by Crippen LogP contribution is -2.27. The zero-order valence-electron chi connectivity index (χ0n) is 7.11. The van der Waals surface area contributed by atoms with Gasteiger partial charge >= 0.3 is 6.18 Å². The molecular formula is C8H12BrF3O. The molecule has 1 atom stereocenters. The molecule has 0 aliphatic heterocycles. The lowest BCUT2D eigenvalue weighted by molar-refractivity contribution is -0.137. The average molecular weight is 261 g/mol. The van der Waals surface area contributed by atoms with Gasteiger partial charge in [-0.05, 0) is 12.3 Å². The Morgan fingerprint density at radius 2 is 2.00 bits per heavy atom. The second-order valence-corrected chi connectivity index (χ2v) is 4.42. The number of alkyl halides is 4. The van der Waals surface area contributed by atoms with E-state index in [0.717, 1.165) is 6.42 Å². The van der Waals surface area contributed by atoms with E-state index in [4.69, 9.17) is 4.74 Å². The molecule has 1 rings (SSSR count). The maximum absolute atomic E-state index is 11.9. The van der Waals surface area contributed by atoms with Crippen LogP contribution in [0.25, 0.3) is 0 Å². The van der Waals surface area contributed by atoms with Crippen molar-refractivity contribution >= 4 is 15.9 Å². The van der Waals surface area contributed by atoms with Crippen LogP contribution in [0, 0.1) is 5.92 Å². The van der Waals surface area contributed by atoms with Crippen molar-refractivity contribution in [2.45, 2.75) is 30.3 Å². The molecule has 0 aromatic rings. The molecule has 1 fully saturated rings. The fourth-order valence-corrected chi connectivity index (χ4v) is 1.12. The summed E-state index contributed by atoms with van der Waals surface area (Å²) in [5.41, 5.74) is 0. The first-order chi connectivity index (χ1) is 6.00. The maximum atomic E-state index is 11.9. The molecule has 78 valence electrons. The predicted molar refractivity (Wildman–Crippen MR) is 46.9 cm³/mol. The Bertz CT molecular complexity index is 156. The van der Waals surface area contributed by atoms with Gasteiger partial charge in [0.15, 0.2) is 0 Å². The lowest BCUT2D eigenvalue weighted by atomic mass is 10.3. The molecule has 0 amide bonds. The van der Waals surface area contributed by atoms with E-state index in [1.54, 1.807) is 0 Å². The number of ether oxygens (including phenoxy) is 1. The van der Waals surface area contributed by atoms with Gasteiger partial charge < -0.3 is 4.74 Å². The molecule has 1 aliphatic carbocycles. The van der Waals surface area contributed by atoms with Crippen molar-refractivity contribution in [3.8, 4) is 0 Å². The first-order valence-corrected chi connectivity index (χ1v) is 5.20.